The van der Waals surface area contributed by atoms with Gasteiger partial charge in [0, 0.05) is 41.7 Å². The molecular weight excluding hydrogens is 421 g/mol. The molecule has 0 saturated carbocycles. The molecule has 32 heavy (non-hydrogen) atoms. The first-order valence-corrected chi connectivity index (χ1v) is 10.4. The number of hydrogen-bond donors (Lipinski definition) is 2. The van der Waals surface area contributed by atoms with E-state index in [4.69, 9.17) is 0 Å². The van der Waals surface area contributed by atoms with Crippen LogP contribution >= 0.6 is 0 Å². The normalized spacial score (nSPS) is 15.1. The molecule has 0 bridgehead atoms. The van der Waals surface area contributed by atoms with Crippen molar-refractivity contribution in [2.45, 2.75) is 32.5 Å². The quantitative estimate of drug-likeness (QED) is 0.615. The molecule has 0 aliphatic carbocycles. The van der Waals surface area contributed by atoms with Crippen LogP contribution in [0.5, 0.6) is 0 Å². The zero-order chi connectivity index (χ0) is 22.7. The summed E-state index contributed by atoms with van der Waals surface area (Å²) >= 11 is 0. The number of nitrogens with one attached hydrogen (secondary N) is 2. The monoisotopic (exact) mass is 444 g/mol. The molecule has 0 radical (unpaired) electrons. The van der Waals surface area contributed by atoms with Gasteiger partial charge in [0.15, 0.2) is 0 Å². The fourth-order valence-electron chi connectivity index (χ4n) is 3.69. The van der Waals surface area contributed by atoms with Gasteiger partial charge in [0.2, 0.25) is 0 Å². The van der Waals surface area contributed by atoms with Crippen molar-refractivity contribution in [3.8, 4) is 0 Å². The average Bonchev–Trinajstić information content (AvgIpc) is 2.77. The van der Waals surface area contributed by atoms with Gasteiger partial charge in [0.05, 0.1) is 12.4 Å². The van der Waals surface area contributed by atoms with Gasteiger partial charge in [-0.25, -0.2) is 9.78 Å². The predicted octanol–water partition coefficient (Wildman–Crippen LogP) is 4.60. The zero-order valence-electron chi connectivity index (χ0n) is 17.5. The van der Waals surface area contributed by atoms with Crippen molar-refractivity contribution in [2.24, 2.45) is 5.92 Å². The lowest BCUT2D eigenvalue weighted by Crippen LogP contribution is -2.35. The number of amides is 2. The van der Waals surface area contributed by atoms with Crippen molar-refractivity contribution in [2.75, 3.05) is 23.3 Å². The van der Waals surface area contributed by atoms with E-state index in [1.54, 1.807) is 24.5 Å². The van der Waals surface area contributed by atoms with Gasteiger partial charge in [0.1, 0.15) is 11.5 Å². The third-order valence-electron chi connectivity index (χ3n) is 5.57. The van der Waals surface area contributed by atoms with Crippen LogP contribution in [0.3, 0.4) is 0 Å². The van der Waals surface area contributed by atoms with Crippen LogP contribution in [0.1, 0.15) is 31.0 Å². The smallest absolute Gasteiger partial charge is 0.356 e. The Morgan fingerprint density at radius 2 is 1.81 bits per heavy atom. The standard InChI is InChI=1S/C22H23F3N6O/c1-14-6-8-31(9-7-14)20-16(3-5-19(30-20)22(23,24)25)11-26-21(32)29-18-4-2-15-12-27-28-13-17(15)10-18/h2-5,10,12-14H,6-9,11H2,1H3,(H2,26,29,32). The molecule has 0 spiro atoms. The van der Waals surface area contributed by atoms with Crippen molar-refractivity contribution in [1.29, 1.82) is 0 Å². The summed E-state index contributed by atoms with van der Waals surface area (Å²) in [5.41, 5.74) is 0.175. The SMILES string of the molecule is CC1CCN(c2nc(C(F)(F)F)ccc2CNC(=O)Nc2ccc3cnncc3c2)CC1. The molecule has 1 fully saturated rings. The number of rotatable bonds is 4. The Labute approximate surface area is 183 Å². The van der Waals surface area contributed by atoms with E-state index in [0.29, 0.717) is 30.3 Å². The summed E-state index contributed by atoms with van der Waals surface area (Å²) in [6.45, 7) is 3.45. The van der Waals surface area contributed by atoms with E-state index < -0.39 is 17.9 Å². The largest absolute Gasteiger partial charge is 0.433 e. The summed E-state index contributed by atoms with van der Waals surface area (Å²) in [6.07, 6.45) is 0.467. The Bertz CT molecular complexity index is 1110. The van der Waals surface area contributed by atoms with Crippen LogP contribution < -0.4 is 15.5 Å². The van der Waals surface area contributed by atoms with Crippen LogP contribution in [0.25, 0.3) is 10.8 Å². The van der Waals surface area contributed by atoms with Crippen molar-refractivity contribution in [1.82, 2.24) is 20.5 Å². The zero-order valence-corrected chi connectivity index (χ0v) is 17.5. The van der Waals surface area contributed by atoms with Gasteiger partial charge in [-0.05, 0) is 37.0 Å². The molecule has 10 heteroatoms. The molecule has 7 nitrogen and oxygen atoms in total. The Morgan fingerprint density at radius 1 is 1.09 bits per heavy atom. The molecule has 1 aliphatic rings. The number of benzene rings is 1. The van der Waals surface area contributed by atoms with Crippen molar-refractivity contribution in [3.05, 3.63) is 54.0 Å². The van der Waals surface area contributed by atoms with Gasteiger partial charge < -0.3 is 15.5 Å². The minimum Gasteiger partial charge on any atom is -0.356 e. The molecule has 4 rings (SSSR count). The maximum absolute atomic E-state index is 13.2. The highest BCUT2D eigenvalue weighted by Gasteiger charge is 2.34. The van der Waals surface area contributed by atoms with Crippen molar-refractivity contribution in [3.63, 3.8) is 0 Å². The number of hydrogen-bond acceptors (Lipinski definition) is 5. The van der Waals surface area contributed by atoms with Gasteiger partial charge in [0.25, 0.3) is 0 Å². The number of urea groups is 1. The van der Waals surface area contributed by atoms with E-state index >= 15 is 0 Å². The van der Waals surface area contributed by atoms with Gasteiger partial charge in [-0.15, -0.1) is 0 Å². The summed E-state index contributed by atoms with van der Waals surface area (Å²) in [4.78, 5) is 18.2. The highest BCUT2D eigenvalue weighted by atomic mass is 19.4. The summed E-state index contributed by atoms with van der Waals surface area (Å²) in [5.74, 6) is 0.800. The van der Waals surface area contributed by atoms with Crippen LogP contribution in [-0.2, 0) is 12.7 Å². The second kappa shape index (κ2) is 8.97. The first-order valence-electron chi connectivity index (χ1n) is 10.4. The van der Waals surface area contributed by atoms with Crippen LogP contribution in [0.15, 0.2) is 42.7 Å². The highest BCUT2D eigenvalue weighted by molar-refractivity contribution is 5.93. The lowest BCUT2D eigenvalue weighted by Gasteiger charge is -2.33. The number of alkyl halides is 3. The van der Waals surface area contributed by atoms with Crippen LogP contribution in [0.2, 0.25) is 0 Å². The minimum atomic E-state index is -4.53. The number of aromatic nitrogens is 3. The number of pyridine rings is 1. The van der Waals surface area contributed by atoms with E-state index in [1.807, 2.05) is 11.0 Å². The molecule has 168 valence electrons. The molecule has 1 saturated heterocycles. The third-order valence-corrected chi connectivity index (χ3v) is 5.57. The Morgan fingerprint density at radius 3 is 2.53 bits per heavy atom. The van der Waals surface area contributed by atoms with E-state index in [9.17, 15) is 18.0 Å². The van der Waals surface area contributed by atoms with Gasteiger partial charge in [-0.3, -0.25) is 0 Å². The molecule has 2 N–H and O–H groups in total. The van der Waals surface area contributed by atoms with Crippen LogP contribution in [0, 0.1) is 5.92 Å². The molecule has 3 heterocycles. The number of carbonyl (C=O) groups is 1. The van der Waals surface area contributed by atoms with Gasteiger partial charge in [-0.1, -0.05) is 19.1 Å². The van der Waals surface area contributed by atoms with Gasteiger partial charge in [-0.2, -0.15) is 23.4 Å². The van der Waals surface area contributed by atoms with Crippen molar-refractivity contribution >= 4 is 28.3 Å². The van der Waals surface area contributed by atoms with E-state index in [-0.39, 0.29) is 12.4 Å². The maximum atomic E-state index is 13.2. The molecule has 3 aromatic rings. The topological polar surface area (TPSA) is 83.0 Å². The number of anilines is 2. The first-order chi connectivity index (χ1) is 15.3. The number of halogens is 3. The van der Waals surface area contributed by atoms with Crippen molar-refractivity contribution < 1.29 is 18.0 Å². The molecule has 2 amide bonds. The van der Waals surface area contributed by atoms with Crippen LogP contribution in [0.4, 0.5) is 29.5 Å². The molecule has 1 aliphatic heterocycles. The summed E-state index contributed by atoms with van der Waals surface area (Å²) in [5, 5.41) is 14.8. The van der Waals surface area contributed by atoms with E-state index in [2.05, 4.69) is 32.7 Å². The fraction of sp³-hybridized carbons (Fsp3) is 0.364. The number of carbonyl (C=O) groups excluding carboxylic acids is 1. The third kappa shape index (κ3) is 5.06. The number of fused-ring (bicyclic) bond motifs is 1. The lowest BCUT2D eigenvalue weighted by molar-refractivity contribution is -0.141. The van der Waals surface area contributed by atoms with E-state index in [1.165, 1.54) is 6.07 Å². The maximum Gasteiger partial charge on any atom is 0.433 e. The predicted molar refractivity (Wildman–Crippen MR) is 115 cm³/mol. The fourth-order valence-corrected chi connectivity index (χ4v) is 3.69. The second-order valence-corrected chi connectivity index (χ2v) is 7.99. The molecule has 2 aromatic heterocycles. The second-order valence-electron chi connectivity index (χ2n) is 7.99. The lowest BCUT2D eigenvalue weighted by atomic mass is 9.99. The molecule has 0 unspecified atom stereocenters. The summed E-state index contributed by atoms with van der Waals surface area (Å²) in [7, 11) is 0. The number of piperidine rings is 1. The Kier molecular flexibility index (Phi) is 6.11. The first kappa shape index (κ1) is 21.8. The average molecular weight is 444 g/mol. The molecule has 1 aromatic carbocycles. The Balaban J connectivity index is 1.48. The van der Waals surface area contributed by atoms with E-state index in [0.717, 1.165) is 29.7 Å². The number of nitrogens with zero attached hydrogens (tertiary/aromatic N) is 4. The minimum absolute atomic E-state index is 0.0530. The van der Waals surface area contributed by atoms with Crippen LogP contribution in [-0.4, -0.2) is 34.3 Å². The highest BCUT2D eigenvalue weighted by Crippen LogP contribution is 2.32. The summed E-state index contributed by atoms with van der Waals surface area (Å²) in [6, 6.07) is 7.19. The molecular formula is C22H23F3N6O. The van der Waals surface area contributed by atoms with Gasteiger partial charge >= 0.3 is 12.2 Å². The Hall–Kier alpha value is -3.43. The molecule has 0 atom stereocenters. The summed E-state index contributed by atoms with van der Waals surface area (Å²) < 4.78 is 39.7.